The van der Waals surface area contributed by atoms with E-state index in [9.17, 15) is 5.11 Å². The van der Waals surface area contributed by atoms with Crippen LogP contribution in [0.5, 0.6) is 6.01 Å². The zero-order chi connectivity index (χ0) is 17.7. The molecule has 5 rings (SSSR count). The van der Waals surface area contributed by atoms with Crippen LogP contribution in [0, 0.1) is 0 Å². The van der Waals surface area contributed by atoms with Gasteiger partial charge in [-0.15, -0.1) is 0 Å². The first-order valence-corrected chi connectivity index (χ1v) is 9.30. The number of H-pyrrole nitrogens is 1. The van der Waals surface area contributed by atoms with E-state index in [1.54, 1.807) is 0 Å². The third-order valence-electron chi connectivity index (χ3n) is 5.22. The lowest BCUT2D eigenvalue weighted by molar-refractivity contribution is -0.0542. The van der Waals surface area contributed by atoms with E-state index in [1.807, 2.05) is 6.07 Å². The largest absolute Gasteiger partial charge is 0.456 e. The summed E-state index contributed by atoms with van der Waals surface area (Å²) in [6.07, 6.45) is 1.55. The Morgan fingerprint density at radius 1 is 1.23 bits per heavy atom. The van der Waals surface area contributed by atoms with Crippen molar-refractivity contribution in [3.8, 4) is 6.01 Å². The number of pyridine rings is 1. The summed E-state index contributed by atoms with van der Waals surface area (Å²) in [7, 11) is 0. The first kappa shape index (κ1) is 16.7. The first-order chi connectivity index (χ1) is 12.7. The van der Waals surface area contributed by atoms with E-state index < -0.39 is 6.10 Å². The van der Waals surface area contributed by atoms with Gasteiger partial charge in [0.15, 0.2) is 11.8 Å². The number of ether oxygens (including phenoxy) is 4. The second-order valence-electron chi connectivity index (χ2n) is 6.97. The number of nitrogens with zero attached hydrogens (tertiary/aromatic N) is 2. The average Bonchev–Trinajstić information content (AvgIpc) is 3.24. The SMILES string of the molecule is O[C@@H]1CO[C@H]2[C@@H]1OC[C@H]2Oc1nc2nc(CCC3CCO3)c(Cl)cc2[nH]1. The molecule has 9 heteroatoms. The molecule has 2 aromatic rings. The third kappa shape index (κ3) is 2.95. The predicted octanol–water partition coefficient (Wildman–Crippen LogP) is 1.24. The molecule has 1 unspecified atom stereocenters. The van der Waals surface area contributed by atoms with Gasteiger partial charge in [-0.25, -0.2) is 4.98 Å². The van der Waals surface area contributed by atoms with Crippen LogP contribution in [0.15, 0.2) is 6.07 Å². The Balaban J connectivity index is 1.31. The van der Waals surface area contributed by atoms with Crippen molar-refractivity contribution >= 4 is 22.8 Å². The lowest BCUT2D eigenvalue weighted by Crippen LogP contribution is -2.34. The Kier molecular flexibility index (Phi) is 4.25. The van der Waals surface area contributed by atoms with Crippen molar-refractivity contribution in [2.75, 3.05) is 19.8 Å². The molecule has 0 bridgehead atoms. The number of aromatic nitrogens is 3. The zero-order valence-electron chi connectivity index (χ0n) is 14.1. The summed E-state index contributed by atoms with van der Waals surface area (Å²) in [4.78, 5) is 12.1. The number of aromatic amines is 1. The summed E-state index contributed by atoms with van der Waals surface area (Å²) >= 11 is 6.36. The Morgan fingerprint density at radius 2 is 2.08 bits per heavy atom. The van der Waals surface area contributed by atoms with Crippen molar-refractivity contribution in [3.63, 3.8) is 0 Å². The fourth-order valence-electron chi connectivity index (χ4n) is 3.66. The summed E-state index contributed by atoms with van der Waals surface area (Å²) < 4.78 is 22.5. The van der Waals surface area contributed by atoms with E-state index in [4.69, 9.17) is 30.5 Å². The number of hydrogen-bond donors (Lipinski definition) is 2. The van der Waals surface area contributed by atoms with E-state index >= 15 is 0 Å². The molecule has 3 saturated heterocycles. The Morgan fingerprint density at radius 3 is 2.88 bits per heavy atom. The van der Waals surface area contributed by atoms with Gasteiger partial charge in [0.2, 0.25) is 0 Å². The topological polar surface area (TPSA) is 98.7 Å². The minimum absolute atomic E-state index is 0.264. The molecule has 3 fully saturated rings. The molecule has 5 atom stereocenters. The molecule has 0 saturated carbocycles. The van der Waals surface area contributed by atoms with Gasteiger partial charge < -0.3 is 29.0 Å². The zero-order valence-corrected chi connectivity index (χ0v) is 14.8. The van der Waals surface area contributed by atoms with Gasteiger partial charge in [-0.3, -0.25) is 0 Å². The van der Waals surface area contributed by atoms with Gasteiger partial charge in [0.1, 0.15) is 18.3 Å². The molecule has 0 aromatic carbocycles. The van der Waals surface area contributed by atoms with Crippen molar-refractivity contribution in [1.82, 2.24) is 15.0 Å². The van der Waals surface area contributed by atoms with E-state index in [0.717, 1.165) is 37.1 Å². The maximum absolute atomic E-state index is 9.81. The highest BCUT2D eigenvalue weighted by molar-refractivity contribution is 6.31. The van der Waals surface area contributed by atoms with Crippen LogP contribution in [0.25, 0.3) is 11.2 Å². The summed E-state index contributed by atoms with van der Waals surface area (Å²) in [6, 6.07) is 2.17. The number of nitrogens with one attached hydrogen (secondary N) is 1. The lowest BCUT2D eigenvalue weighted by atomic mass is 10.1. The highest BCUT2D eigenvalue weighted by atomic mass is 35.5. The maximum atomic E-state index is 9.81. The van der Waals surface area contributed by atoms with Crippen molar-refractivity contribution < 1.29 is 24.1 Å². The van der Waals surface area contributed by atoms with E-state index in [-0.39, 0.29) is 24.9 Å². The van der Waals surface area contributed by atoms with Crippen molar-refractivity contribution in [2.24, 2.45) is 0 Å². The molecular weight excluding hydrogens is 362 g/mol. The van der Waals surface area contributed by atoms with Gasteiger partial charge in [0.05, 0.1) is 35.6 Å². The second-order valence-corrected chi connectivity index (χ2v) is 7.38. The van der Waals surface area contributed by atoms with Crippen molar-refractivity contribution in [2.45, 2.75) is 49.8 Å². The molecule has 2 aromatic heterocycles. The maximum Gasteiger partial charge on any atom is 0.296 e. The number of fused-ring (bicyclic) bond motifs is 2. The third-order valence-corrected chi connectivity index (χ3v) is 5.55. The number of hydrogen-bond acceptors (Lipinski definition) is 7. The van der Waals surface area contributed by atoms with Crippen LogP contribution in [-0.2, 0) is 20.6 Å². The number of aliphatic hydroxyl groups is 1. The van der Waals surface area contributed by atoms with Crippen LogP contribution in [0.3, 0.4) is 0 Å². The molecule has 2 N–H and O–H groups in total. The summed E-state index contributed by atoms with van der Waals surface area (Å²) in [6.45, 7) is 1.46. The minimum Gasteiger partial charge on any atom is -0.456 e. The molecule has 0 aliphatic carbocycles. The molecule has 5 heterocycles. The number of halogens is 1. The highest BCUT2D eigenvalue weighted by Crippen LogP contribution is 2.30. The fraction of sp³-hybridized carbons (Fsp3) is 0.647. The normalized spacial score (nSPS) is 33.4. The monoisotopic (exact) mass is 381 g/mol. The fourth-order valence-corrected chi connectivity index (χ4v) is 3.91. The van der Waals surface area contributed by atoms with Crippen LogP contribution in [-0.4, -0.2) is 70.4 Å². The number of imidazole rings is 1. The molecule has 0 amide bonds. The first-order valence-electron chi connectivity index (χ1n) is 8.92. The summed E-state index contributed by atoms with van der Waals surface area (Å²) in [5, 5.41) is 10.4. The highest BCUT2D eigenvalue weighted by Gasteiger charge is 2.48. The minimum atomic E-state index is -0.605. The molecule has 0 radical (unpaired) electrons. The summed E-state index contributed by atoms with van der Waals surface area (Å²) in [5.41, 5.74) is 2.10. The van der Waals surface area contributed by atoms with Crippen LogP contribution < -0.4 is 4.74 Å². The molecule has 140 valence electrons. The smallest absolute Gasteiger partial charge is 0.296 e. The number of aliphatic hydroxyl groups excluding tert-OH is 1. The van der Waals surface area contributed by atoms with E-state index in [0.29, 0.717) is 29.4 Å². The van der Waals surface area contributed by atoms with Crippen LogP contribution >= 0.6 is 11.6 Å². The average molecular weight is 382 g/mol. The quantitative estimate of drug-likeness (QED) is 0.803. The molecule has 3 aliphatic heterocycles. The van der Waals surface area contributed by atoms with Gasteiger partial charge >= 0.3 is 0 Å². The van der Waals surface area contributed by atoms with Crippen LogP contribution in [0.4, 0.5) is 0 Å². The number of rotatable bonds is 5. The van der Waals surface area contributed by atoms with Crippen molar-refractivity contribution in [1.29, 1.82) is 0 Å². The number of aryl methyl sites for hydroxylation is 1. The standard InChI is InChI=1S/C17H20ClN3O5/c18-9-5-11-16(19-10(9)2-1-8-3-4-23-8)21-17(20-11)26-13-7-25-14-12(22)6-24-15(13)14/h5,8,12-15,22H,1-4,6-7H2,(H,19,20,21)/t8?,12-,13-,14-,15-/m1/s1. The van der Waals surface area contributed by atoms with Crippen molar-refractivity contribution in [3.05, 3.63) is 16.8 Å². The molecular formula is C17H20ClN3O5. The van der Waals surface area contributed by atoms with Gasteiger partial charge in [-0.05, 0) is 25.3 Å². The molecule has 26 heavy (non-hydrogen) atoms. The van der Waals surface area contributed by atoms with Gasteiger partial charge in [0, 0.05) is 6.61 Å². The second kappa shape index (κ2) is 6.61. The van der Waals surface area contributed by atoms with E-state index in [2.05, 4.69) is 15.0 Å². The lowest BCUT2D eigenvalue weighted by Gasteiger charge is -2.26. The van der Waals surface area contributed by atoms with Crippen LogP contribution in [0.2, 0.25) is 5.02 Å². The van der Waals surface area contributed by atoms with E-state index in [1.165, 1.54) is 0 Å². The van der Waals surface area contributed by atoms with Crippen LogP contribution in [0.1, 0.15) is 18.5 Å². The molecule has 8 nitrogen and oxygen atoms in total. The Labute approximate surface area is 154 Å². The molecule has 0 spiro atoms. The Hall–Kier alpha value is -1.45. The molecule has 3 aliphatic rings. The summed E-state index contributed by atoms with van der Waals surface area (Å²) in [5.74, 6) is 0. The van der Waals surface area contributed by atoms with Gasteiger partial charge in [-0.1, -0.05) is 11.6 Å². The van der Waals surface area contributed by atoms with Gasteiger partial charge in [0.25, 0.3) is 6.01 Å². The van der Waals surface area contributed by atoms with Gasteiger partial charge in [-0.2, -0.15) is 4.98 Å². The Bertz CT molecular complexity index is 811. The predicted molar refractivity (Wildman–Crippen MR) is 91.5 cm³/mol.